The quantitative estimate of drug-likeness (QED) is 0.625. The lowest BCUT2D eigenvalue weighted by atomic mass is 10.1. The Bertz CT molecular complexity index is 934. The van der Waals surface area contributed by atoms with E-state index in [-0.39, 0.29) is 17.3 Å². The van der Waals surface area contributed by atoms with E-state index in [1.807, 2.05) is 63.2 Å². The Labute approximate surface area is 188 Å². The van der Waals surface area contributed by atoms with Gasteiger partial charge in [-0.3, -0.25) is 9.69 Å². The molecule has 2 atom stereocenters. The number of benzene rings is 2. The van der Waals surface area contributed by atoms with Crippen molar-refractivity contribution >= 4 is 29.4 Å². The van der Waals surface area contributed by atoms with Crippen LogP contribution in [0.25, 0.3) is 0 Å². The zero-order valence-corrected chi connectivity index (χ0v) is 19.4. The zero-order valence-electron chi connectivity index (χ0n) is 18.6. The third kappa shape index (κ3) is 5.60. The molecule has 0 saturated carbocycles. The molecule has 2 aromatic carbocycles. The average Bonchev–Trinajstić information content (AvgIpc) is 3.19. The molecular weight excluding hydrogens is 410 g/mol. The number of amides is 3. The maximum absolute atomic E-state index is 13.4. The number of aryl methyl sites for hydroxylation is 3. The molecule has 1 fully saturated rings. The minimum atomic E-state index is -0.538. The topological polar surface area (TPSA) is 70.7 Å². The number of anilines is 1. The third-order valence-corrected chi connectivity index (χ3v) is 6.88. The van der Waals surface area contributed by atoms with Gasteiger partial charge in [-0.25, -0.2) is 4.79 Å². The minimum Gasteiger partial charge on any atom is -0.385 e. The highest BCUT2D eigenvalue weighted by Gasteiger charge is 2.42. The third-order valence-electron chi connectivity index (χ3n) is 5.57. The molecule has 31 heavy (non-hydrogen) atoms. The second kappa shape index (κ2) is 10.7. The van der Waals surface area contributed by atoms with Crippen molar-refractivity contribution in [2.75, 3.05) is 31.3 Å². The summed E-state index contributed by atoms with van der Waals surface area (Å²) >= 11 is 1.62. The van der Waals surface area contributed by atoms with Crippen LogP contribution in [0.3, 0.4) is 0 Å². The summed E-state index contributed by atoms with van der Waals surface area (Å²) in [5, 5.41) is 5.74. The number of hydrogen-bond donors (Lipinski definition) is 2. The van der Waals surface area contributed by atoms with Gasteiger partial charge in [0.05, 0.1) is 0 Å². The molecule has 0 unspecified atom stereocenters. The summed E-state index contributed by atoms with van der Waals surface area (Å²) in [7, 11) is 1.64. The van der Waals surface area contributed by atoms with Crippen molar-refractivity contribution in [2.24, 2.45) is 0 Å². The highest BCUT2D eigenvalue weighted by Crippen LogP contribution is 2.42. The number of hydrogen-bond acceptors (Lipinski definition) is 4. The number of urea groups is 1. The molecule has 6 nitrogen and oxygen atoms in total. The van der Waals surface area contributed by atoms with E-state index in [4.69, 9.17) is 4.74 Å². The Morgan fingerprint density at radius 2 is 1.87 bits per heavy atom. The fraction of sp³-hybridized carbons (Fsp3) is 0.417. The number of carbonyl (C=O) groups excluding carboxylic acids is 2. The van der Waals surface area contributed by atoms with Crippen LogP contribution < -0.4 is 10.6 Å². The normalized spacial score (nSPS) is 18.1. The summed E-state index contributed by atoms with van der Waals surface area (Å²) in [6, 6.07) is 13.1. The highest BCUT2D eigenvalue weighted by atomic mass is 32.2. The number of rotatable bonds is 7. The van der Waals surface area contributed by atoms with Gasteiger partial charge in [-0.05, 0) is 61.6 Å². The molecule has 0 aromatic heterocycles. The van der Waals surface area contributed by atoms with Gasteiger partial charge in [-0.15, -0.1) is 11.8 Å². The van der Waals surface area contributed by atoms with Crippen LogP contribution >= 0.6 is 11.8 Å². The number of nitrogens with zero attached hydrogens (tertiary/aromatic N) is 1. The molecule has 0 bridgehead atoms. The Morgan fingerprint density at radius 1 is 1.10 bits per heavy atom. The van der Waals surface area contributed by atoms with Crippen LogP contribution in [-0.4, -0.2) is 48.9 Å². The van der Waals surface area contributed by atoms with Crippen molar-refractivity contribution in [1.29, 1.82) is 0 Å². The molecule has 2 N–H and O–H groups in total. The molecule has 7 heteroatoms. The van der Waals surface area contributed by atoms with Crippen LogP contribution in [0.15, 0.2) is 42.5 Å². The maximum Gasteiger partial charge on any atom is 0.323 e. The van der Waals surface area contributed by atoms with Crippen LogP contribution in [0, 0.1) is 20.8 Å². The maximum atomic E-state index is 13.4. The molecule has 0 aliphatic carbocycles. The number of methoxy groups -OCH3 is 1. The van der Waals surface area contributed by atoms with Crippen LogP contribution in [0.1, 0.15) is 34.0 Å². The van der Waals surface area contributed by atoms with Crippen LogP contribution in [0.2, 0.25) is 0 Å². The molecule has 1 aliphatic rings. The van der Waals surface area contributed by atoms with Gasteiger partial charge in [0.1, 0.15) is 11.4 Å². The van der Waals surface area contributed by atoms with Gasteiger partial charge in [0.15, 0.2) is 0 Å². The molecule has 3 amide bonds. The van der Waals surface area contributed by atoms with Crippen molar-refractivity contribution < 1.29 is 14.3 Å². The second-order valence-corrected chi connectivity index (χ2v) is 8.95. The first kappa shape index (κ1) is 23.2. The number of thioether (sulfide) groups is 1. The smallest absolute Gasteiger partial charge is 0.323 e. The Kier molecular flexibility index (Phi) is 7.98. The van der Waals surface area contributed by atoms with E-state index in [1.165, 1.54) is 5.56 Å². The molecule has 0 radical (unpaired) electrons. The van der Waals surface area contributed by atoms with Gasteiger partial charge in [-0.2, -0.15) is 0 Å². The number of carbonyl (C=O) groups is 2. The van der Waals surface area contributed by atoms with Crippen molar-refractivity contribution in [1.82, 2.24) is 10.2 Å². The van der Waals surface area contributed by atoms with E-state index in [2.05, 4.69) is 10.6 Å². The molecule has 3 rings (SSSR count). The molecule has 1 heterocycles. The summed E-state index contributed by atoms with van der Waals surface area (Å²) < 4.78 is 5.05. The largest absolute Gasteiger partial charge is 0.385 e. The predicted octanol–water partition coefficient (Wildman–Crippen LogP) is 4.41. The summed E-state index contributed by atoms with van der Waals surface area (Å²) in [6.07, 6.45) is 0.734. The summed E-state index contributed by atoms with van der Waals surface area (Å²) in [6.45, 7) is 7.20. The van der Waals surface area contributed by atoms with E-state index in [0.29, 0.717) is 18.9 Å². The zero-order chi connectivity index (χ0) is 22.4. The minimum absolute atomic E-state index is 0.130. The van der Waals surface area contributed by atoms with Crippen molar-refractivity contribution in [3.63, 3.8) is 0 Å². The van der Waals surface area contributed by atoms with Gasteiger partial charge in [0.2, 0.25) is 5.91 Å². The summed E-state index contributed by atoms with van der Waals surface area (Å²) in [4.78, 5) is 28.0. The first-order valence-corrected chi connectivity index (χ1v) is 11.6. The van der Waals surface area contributed by atoms with E-state index < -0.39 is 6.04 Å². The lowest BCUT2D eigenvalue weighted by Gasteiger charge is -2.30. The van der Waals surface area contributed by atoms with Crippen molar-refractivity contribution in [3.8, 4) is 0 Å². The SMILES string of the molecule is COCCCNC(=O)[C@@H]1CS[C@@H](c2ccccc2C)N1C(=O)Nc1ccc(C)c(C)c1. The molecule has 1 saturated heterocycles. The summed E-state index contributed by atoms with van der Waals surface area (Å²) in [5.41, 5.74) is 5.16. The molecular formula is C24H31N3O3S. The van der Waals surface area contributed by atoms with Crippen LogP contribution in [0.4, 0.5) is 10.5 Å². The van der Waals surface area contributed by atoms with Crippen molar-refractivity contribution in [2.45, 2.75) is 38.6 Å². The van der Waals surface area contributed by atoms with Gasteiger partial charge in [0.25, 0.3) is 0 Å². The standard InChI is InChI=1S/C24H31N3O3S/c1-16-10-11-19(14-18(16)3)26-24(29)27-21(22(28)25-12-7-13-30-4)15-31-23(27)20-9-6-5-8-17(20)2/h5-6,8-11,14,21,23H,7,12-13,15H2,1-4H3,(H,25,28)(H,26,29)/t21-,23-/m0/s1. The lowest BCUT2D eigenvalue weighted by molar-refractivity contribution is -0.124. The Balaban J connectivity index is 1.83. The van der Waals surface area contributed by atoms with E-state index in [1.54, 1.807) is 23.8 Å². The molecule has 166 valence electrons. The number of ether oxygens (including phenoxy) is 1. The molecule has 2 aromatic rings. The average molecular weight is 442 g/mol. The second-order valence-electron chi connectivity index (χ2n) is 7.83. The van der Waals surface area contributed by atoms with Gasteiger partial charge in [-0.1, -0.05) is 30.3 Å². The first-order chi connectivity index (χ1) is 14.9. The Morgan fingerprint density at radius 3 is 2.58 bits per heavy atom. The van der Waals surface area contributed by atoms with Crippen LogP contribution in [-0.2, 0) is 9.53 Å². The predicted molar refractivity (Wildman–Crippen MR) is 126 cm³/mol. The van der Waals surface area contributed by atoms with Crippen molar-refractivity contribution in [3.05, 3.63) is 64.7 Å². The number of nitrogens with one attached hydrogen (secondary N) is 2. The van der Waals surface area contributed by atoms with Gasteiger partial charge < -0.3 is 15.4 Å². The van der Waals surface area contributed by atoms with Gasteiger partial charge in [0, 0.05) is 31.7 Å². The fourth-order valence-electron chi connectivity index (χ4n) is 3.61. The lowest BCUT2D eigenvalue weighted by Crippen LogP contribution is -2.49. The molecule has 0 spiro atoms. The van der Waals surface area contributed by atoms with E-state index in [9.17, 15) is 9.59 Å². The first-order valence-electron chi connectivity index (χ1n) is 10.5. The van der Waals surface area contributed by atoms with Gasteiger partial charge >= 0.3 is 6.03 Å². The van der Waals surface area contributed by atoms with Crippen LogP contribution in [0.5, 0.6) is 0 Å². The monoisotopic (exact) mass is 441 g/mol. The van der Waals surface area contributed by atoms with E-state index >= 15 is 0 Å². The highest BCUT2D eigenvalue weighted by molar-refractivity contribution is 7.99. The van der Waals surface area contributed by atoms with E-state index in [0.717, 1.165) is 28.8 Å². The fourth-order valence-corrected chi connectivity index (χ4v) is 5.14. The molecule has 1 aliphatic heterocycles. The Hall–Kier alpha value is -2.51. The summed E-state index contributed by atoms with van der Waals surface area (Å²) in [5.74, 6) is 0.421.